The Hall–Kier alpha value is -2.53. The summed E-state index contributed by atoms with van der Waals surface area (Å²) in [5.74, 6) is -0.562. The van der Waals surface area contributed by atoms with Crippen LogP contribution >= 0.6 is 12.4 Å². The molecule has 2 rings (SSSR count). The minimum absolute atomic E-state index is 0. The molecule has 0 aliphatic rings. The summed E-state index contributed by atoms with van der Waals surface area (Å²) >= 11 is 0. The first-order valence-electron chi connectivity index (χ1n) is 8.26. The predicted octanol–water partition coefficient (Wildman–Crippen LogP) is 3.68. The number of hydrogen-bond donors (Lipinski definition) is 2. The number of amides is 1. The van der Waals surface area contributed by atoms with Crippen molar-refractivity contribution in [3.8, 4) is 11.1 Å². The zero-order chi connectivity index (χ0) is 18.4. The fourth-order valence-corrected chi connectivity index (χ4v) is 2.68. The van der Waals surface area contributed by atoms with Gasteiger partial charge in [0.2, 0.25) is 0 Å². The topological polar surface area (TPSA) is 81.4 Å². The summed E-state index contributed by atoms with van der Waals surface area (Å²) in [4.78, 5) is 24.8. The van der Waals surface area contributed by atoms with Crippen LogP contribution < -0.4 is 11.1 Å². The van der Waals surface area contributed by atoms with Crippen molar-refractivity contribution in [3.05, 3.63) is 54.1 Å². The first-order valence-corrected chi connectivity index (χ1v) is 8.26. The summed E-state index contributed by atoms with van der Waals surface area (Å²) < 4.78 is 4.81. The molecular formula is C20H25ClN2O3. The zero-order valence-electron chi connectivity index (χ0n) is 15.2. The molecule has 0 radical (unpaired) electrons. The number of rotatable bonds is 6. The Morgan fingerprint density at radius 3 is 2.35 bits per heavy atom. The fourth-order valence-electron chi connectivity index (χ4n) is 2.68. The molecule has 0 bridgehead atoms. The van der Waals surface area contributed by atoms with Crippen LogP contribution in [0.25, 0.3) is 11.1 Å². The number of ether oxygens (including phenoxy) is 1. The van der Waals surface area contributed by atoms with Gasteiger partial charge in [0.25, 0.3) is 5.91 Å². The summed E-state index contributed by atoms with van der Waals surface area (Å²) in [6.07, 6.45) is 0.501. The lowest BCUT2D eigenvalue weighted by atomic mass is 9.97. The van der Waals surface area contributed by atoms with Crippen molar-refractivity contribution >= 4 is 30.0 Å². The molecule has 0 aromatic heterocycles. The van der Waals surface area contributed by atoms with Crippen LogP contribution in [0.5, 0.6) is 0 Å². The molecule has 140 valence electrons. The second-order valence-electron chi connectivity index (χ2n) is 6.35. The van der Waals surface area contributed by atoms with Crippen LogP contribution in [0.15, 0.2) is 48.5 Å². The van der Waals surface area contributed by atoms with E-state index < -0.39 is 12.0 Å². The van der Waals surface area contributed by atoms with Crippen molar-refractivity contribution in [2.24, 2.45) is 5.92 Å². The van der Waals surface area contributed by atoms with Gasteiger partial charge >= 0.3 is 5.97 Å². The maximum Gasteiger partial charge on any atom is 0.328 e. The third kappa shape index (κ3) is 5.49. The largest absolute Gasteiger partial charge is 0.467 e. The number of nitrogens with two attached hydrogens (primary N) is 1. The Labute approximate surface area is 160 Å². The van der Waals surface area contributed by atoms with E-state index in [1.807, 2.05) is 50.2 Å². The number of halogens is 1. The molecule has 0 fully saturated rings. The van der Waals surface area contributed by atoms with Gasteiger partial charge in [0, 0.05) is 11.3 Å². The third-order valence-corrected chi connectivity index (χ3v) is 3.87. The Morgan fingerprint density at radius 2 is 1.77 bits per heavy atom. The normalized spacial score (nSPS) is 11.4. The van der Waals surface area contributed by atoms with Gasteiger partial charge in [-0.2, -0.15) is 0 Å². The van der Waals surface area contributed by atoms with E-state index in [4.69, 9.17) is 10.5 Å². The standard InChI is InChI=1S/C20H24N2O3.ClH/c1-13(2)11-18(20(24)25-3)22-19(23)17-12-15(21)9-10-16(17)14-7-5-4-6-8-14;/h4-10,12-13,18H,11,21H2,1-3H3,(H,22,23);1H/t18-;/m0./s1. The molecule has 0 aliphatic carbocycles. The van der Waals surface area contributed by atoms with E-state index in [0.717, 1.165) is 11.1 Å². The molecule has 6 heteroatoms. The lowest BCUT2D eigenvalue weighted by Crippen LogP contribution is -2.42. The number of nitrogens with one attached hydrogen (secondary N) is 1. The van der Waals surface area contributed by atoms with Crippen LogP contribution in [0.3, 0.4) is 0 Å². The van der Waals surface area contributed by atoms with Gasteiger partial charge in [-0.25, -0.2) is 4.79 Å². The van der Waals surface area contributed by atoms with Crippen molar-refractivity contribution in [1.29, 1.82) is 0 Å². The lowest BCUT2D eigenvalue weighted by molar-refractivity contribution is -0.143. The monoisotopic (exact) mass is 376 g/mol. The molecule has 0 heterocycles. The molecule has 26 heavy (non-hydrogen) atoms. The van der Waals surface area contributed by atoms with E-state index in [-0.39, 0.29) is 24.2 Å². The van der Waals surface area contributed by atoms with Crippen LogP contribution in [-0.2, 0) is 9.53 Å². The number of methoxy groups -OCH3 is 1. The Bertz CT molecular complexity index is 748. The first-order chi connectivity index (χ1) is 11.9. The Kier molecular flexibility index (Phi) is 8.13. The van der Waals surface area contributed by atoms with Crippen LogP contribution in [0, 0.1) is 5.92 Å². The highest BCUT2D eigenvalue weighted by molar-refractivity contribution is 6.03. The first kappa shape index (κ1) is 21.5. The van der Waals surface area contributed by atoms with Crippen molar-refractivity contribution in [2.75, 3.05) is 12.8 Å². The summed E-state index contributed by atoms with van der Waals surface area (Å²) in [6, 6.07) is 14.1. The maximum absolute atomic E-state index is 12.8. The predicted molar refractivity (Wildman–Crippen MR) is 106 cm³/mol. The number of esters is 1. The molecule has 1 atom stereocenters. The molecule has 0 saturated heterocycles. The van der Waals surface area contributed by atoms with Crippen molar-refractivity contribution in [3.63, 3.8) is 0 Å². The van der Waals surface area contributed by atoms with Crippen LogP contribution in [0.1, 0.15) is 30.6 Å². The van der Waals surface area contributed by atoms with E-state index in [9.17, 15) is 9.59 Å². The molecule has 1 amide bonds. The van der Waals surface area contributed by atoms with Gasteiger partial charge in [-0.15, -0.1) is 12.4 Å². The number of carbonyl (C=O) groups is 2. The minimum atomic E-state index is -0.692. The van der Waals surface area contributed by atoms with Gasteiger partial charge in [0.1, 0.15) is 6.04 Å². The van der Waals surface area contributed by atoms with Gasteiger partial charge < -0.3 is 15.8 Å². The smallest absolute Gasteiger partial charge is 0.328 e. The highest BCUT2D eigenvalue weighted by atomic mass is 35.5. The number of anilines is 1. The fraction of sp³-hybridized carbons (Fsp3) is 0.300. The lowest BCUT2D eigenvalue weighted by Gasteiger charge is -2.19. The van der Waals surface area contributed by atoms with Crippen LogP contribution in [0.4, 0.5) is 5.69 Å². The SMILES string of the molecule is COC(=O)[C@H](CC(C)C)NC(=O)c1cc(N)ccc1-c1ccccc1.Cl. The number of carbonyl (C=O) groups excluding carboxylic acids is 2. The van der Waals surface area contributed by atoms with Gasteiger partial charge in [-0.3, -0.25) is 4.79 Å². The summed E-state index contributed by atoms with van der Waals surface area (Å²) in [5, 5.41) is 2.78. The minimum Gasteiger partial charge on any atom is -0.467 e. The molecule has 0 unspecified atom stereocenters. The zero-order valence-corrected chi connectivity index (χ0v) is 16.0. The summed E-state index contributed by atoms with van der Waals surface area (Å²) in [6.45, 7) is 3.97. The molecular weight excluding hydrogens is 352 g/mol. The molecule has 2 aromatic rings. The van der Waals surface area contributed by atoms with E-state index in [1.165, 1.54) is 7.11 Å². The number of benzene rings is 2. The van der Waals surface area contributed by atoms with Gasteiger partial charge in [-0.1, -0.05) is 50.2 Å². The summed E-state index contributed by atoms with van der Waals surface area (Å²) in [7, 11) is 1.32. The van der Waals surface area contributed by atoms with Gasteiger partial charge in [0.05, 0.1) is 7.11 Å². The number of hydrogen-bond acceptors (Lipinski definition) is 4. The average Bonchev–Trinajstić information content (AvgIpc) is 2.60. The average molecular weight is 377 g/mol. The second-order valence-corrected chi connectivity index (χ2v) is 6.35. The highest BCUT2D eigenvalue weighted by Gasteiger charge is 2.24. The van der Waals surface area contributed by atoms with Gasteiger partial charge in [0.15, 0.2) is 0 Å². The Balaban J connectivity index is 0.00000338. The summed E-state index contributed by atoms with van der Waals surface area (Å²) in [5.41, 5.74) is 8.47. The molecule has 0 spiro atoms. The second kappa shape index (κ2) is 9.82. The molecule has 2 aromatic carbocycles. The van der Waals surface area contributed by atoms with Crippen molar-refractivity contribution in [1.82, 2.24) is 5.32 Å². The number of nitrogen functional groups attached to an aromatic ring is 1. The Morgan fingerprint density at radius 1 is 1.12 bits per heavy atom. The maximum atomic E-state index is 12.8. The van der Waals surface area contributed by atoms with Gasteiger partial charge in [-0.05, 0) is 35.6 Å². The highest BCUT2D eigenvalue weighted by Crippen LogP contribution is 2.26. The van der Waals surface area contributed by atoms with Crippen molar-refractivity contribution in [2.45, 2.75) is 26.3 Å². The molecule has 0 saturated carbocycles. The van der Waals surface area contributed by atoms with E-state index in [1.54, 1.807) is 12.1 Å². The quantitative estimate of drug-likeness (QED) is 0.595. The van der Waals surface area contributed by atoms with E-state index in [0.29, 0.717) is 17.7 Å². The molecule has 0 aliphatic heterocycles. The molecule has 5 nitrogen and oxygen atoms in total. The van der Waals surface area contributed by atoms with Crippen LogP contribution in [-0.4, -0.2) is 25.0 Å². The van der Waals surface area contributed by atoms with E-state index in [2.05, 4.69) is 5.32 Å². The third-order valence-electron chi connectivity index (χ3n) is 3.87. The van der Waals surface area contributed by atoms with E-state index >= 15 is 0 Å². The van der Waals surface area contributed by atoms with Crippen molar-refractivity contribution < 1.29 is 14.3 Å². The van der Waals surface area contributed by atoms with Crippen LogP contribution in [0.2, 0.25) is 0 Å². The molecule has 3 N–H and O–H groups in total.